The number of amides is 1. The van der Waals surface area contributed by atoms with E-state index in [9.17, 15) is 4.79 Å². The Balaban J connectivity index is 1.39. The third kappa shape index (κ3) is 5.00. The van der Waals surface area contributed by atoms with Gasteiger partial charge in [0.25, 0.3) is 0 Å². The number of nitrogens with zero attached hydrogens (tertiary/aromatic N) is 2. The Kier molecular flexibility index (Phi) is 5.77. The van der Waals surface area contributed by atoms with Crippen molar-refractivity contribution in [2.45, 2.75) is 51.8 Å². The van der Waals surface area contributed by atoms with E-state index in [4.69, 9.17) is 9.15 Å². The van der Waals surface area contributed by atoms with Crippen molar-refractivity contribution in [3.05, 3.63) is 54.6 Å². The summed E-state index contributed by atoms with van der Waals surface area (Å²) in [4.78, 5) is 18.8. The topological polar surface area (TPSA) is 67.6 Å². The molecule has 1 aliphatic heterocycles. The lowest BCUT2D eigenvalue weighted by molar-refractivity contribution is 0.0477. The highest BCUT2D eigenvalue weighted by Crippen LogP contribution is 2.29. The summed E-state index contributed by atoms with van der Waals surface area (Å²) >= 11 is 0. The Hall–Kier alpha value is -2.86. The van der Waals surface area contributed by atoms with Gasteiger partial charge in [-0.15, -0.1) is 0 Å². The van der Waals surface area contributed by atoms with Crippen molar-refractivity contribution in [2.75, 3.05) is 13.1 Å². The van der Waals surface area contributed by atoms with Crippen LogP contribution in [0.5, 0.6) is 0 Å². The number of piperidine rings is 1. The number of alkyl carbamates (subject to hydrolysis) is 1. The molecule has 1 aromatic carbocycles. The van der Waals surface area contributed by atoms with Gasteiger partial charge in [-0.1, -0.05) is 12.1 Å². The molecular formula is C24H29N3O3. The van der Waals surface area contributed by atoms with Gasteiger partial charge < -0.3 is 14.5 Å². The molecule has 158 valence electrons. The van der Waals surface area contributed by atoms with E-state index < -0.39 is 5.60 Å². The maximum absolute atomic E-state index is 12.0. The van der Waals surface area contributed by atoms with Gasteiger partial charge in [0, 0.05) is 49.0 Å². The first-order valence-corrected chi connectivity index (χ1v) is 10.5. The lowest BCUT2D eigenvalue weighted by atomic mass is 10.0. The molecular weight excluding hydrogens is 378 g/mol. The summed E-state index contributed by atoms with van der Waals surface area (Å²) in [5, 5.41) is 5.26. The van der Waals surface area contributed by atoms with Crippen LogP contribution in [0.3, 0.4) is 0 Å². The van der Waals surface area contributed by atoms with Crippen LogP contribution in [0.25, 0.3) is 22.1 Å². The number of carbonyl (C=O) groups excluding carboxylic acids is 1. The number of ether oxygens (including phenoxy) is 1. The normalized spacial score (nSPS) is 16.0. The maximum Gasteiger partial charge on any atom is 0.407 e. The van der Waals surface area contributed by atoms with Crippen molar-refractivity contribution in [1.29, 1.82) is 0 Å². The van der Waals surface area contributed by atoms with Crippen LogP contribution >= 0.6 is 0 Å². The Morgan fingerprint density at radius 2 is 2.03 bits per heavy atom. The minimum atomic E-state index is -0.467. The standard InChI is InChI=1S/C24H29N3O3/c1-24(2,3)30-23(28)26-19-8-10-27(11-9-19)16-17-6-7-18-14-25-15-21(20(18)13-17)22-5-4-12-29-22/h4-7,12-15,19H,8-11,16H2,1-3H3,(H,26,28). The smallest absolute Gasteiger partial charge is 0.407 e. The number of pyridine rings is 1. The number of benzene rings is 1. The predicted molar refractivity (Wildman–Crippen MR) is 117 cm³/mol. The molecule has 0 spiro atoms. The van der Waals surface area contributed by atoms with E-state index in [-0.39, 0.29) is 12.1 Å². The minimum absolute atomic E-state index is 0.171. The zero-order valence-corrected chi connectivity index (χ0v) is 17.9. The molecule has 1 aliphatic rings. The summed E-state index contributed by atoms with van der Waals surface area (Å²) in [5.41, 5.74) is 1.81. The van der Waals surface area contributed by atoms with Crippen LogP contribution in [0, 0.1) is 0 Å². The molecule has 0 bridgehead atoms. The van der Waals surface area contributed by atoms with Crippen molar-refractivity contribution in [3.63, 3.8) is 0 Å². The van der Waals surface area contributed by atoms with Crippen LogP contribution in [0.1, 0.15) is 39.2 Å². The molecule has 4 rings (SSSR count). The molecule has 2 aromatic heterocycles. The van der Waals surface area contributed by atoms with Gasteiger partial charge >= 0.3 is 6.09 Å². The number of furan rings is 1. The molecule has 0 atom stereocenters. The van der Waals surface area contributed by atoms with E-state index in [1.54, 1.807) is 6.26 Å². The van der Waals surface area contributed by atoms with Gasteiger partial charge in [-0.25, -0.2) is 4.79 Å². The quantitative estimate of drug-likeness (QED) is 0.660. The molecule has 1 saturated heterocycles. The Morgan fingerprint density at radius 1 is 1.23 bits per heavy atom. The molecule has 0 aliphatic carbocycles. The SMILES string of the molecule is CC(C)(C)OC(=O)NC1CCN(Cc2ccc3cncc(-c4ccco4)c3c2)CC1. The maximum atomic E-state index is 12.0. The minimum Gasteiger partial charge on any atom is -0.464 e. The molecule has 0 unspecified atom stereocenters. The second-order valence-corrected chi connectivity index (χ2v) is 8.92. The van der Waals surface area contributed by atoms with E-state index in [1.165, 1.54) is 5.56 Å². The zero-order chi connectivity index (χ0) is 21.1. The Labute approximate surface area is 177 Å². The third-order valence-corrected chi connectivity index (χ3v) is 5.33. The average Bonchev–Trinajstić information content (AvgIpc) is 3.22. The van der Waals surface area contributed by atoms with E-state index in [0.29, 0.717) is 0 Å². The monoisotopic (exact) mass is 407 g/mol. The molecule has 1 fully saturated rings. The van der Waals surface area contributed by atoms with E-state index >= 15 is 0 Å². The predicted octanol–water partition coefficient (Wildman–Crippen LogP) is 4.98. The summed E-state index contributed by atoms with van der Waals surface area (Å²) < 4.78 is 11.0. The van der Waals surface area contributed by atoms with E-state index in [1.807, 2.05) is 45.3 Å². The Morgan fingerprint density at radius 3 is 2.73 bits per heavy atom. The number of rotatable bonds is 4. The molecule has 0 radical (unpaired) electrons. The first-order chi connectivity index (χ1) is 14.4. The summed E-state index contributed by atoms with van der Waals surface area (Å²) in [6.45, 7) is 8.42. The summed E-state index contributed by atoms with van der Waals surface area (Å²) in [6.07, 6.45) is 6.96. The summed E-state index contributed by atoms with van der Waals surface area (Å²) in [7, 11) is 0. The molecule has 30 heavy (non-hydrogen) atoms. The van der Waals surface area contributed by atoms with Crippen molar-refractivity contribution >= 4 is 16.9 Å². The third-order valence-electron chi connectivity index (χ3n) is 5.33. The lowest BCUT2D eigenvalue weighted by Gasteiger charge is -2.32. The van der Waals surface area contributed by atoms with Gasteiger partial charge in [0.05, 0.1) is 6.26 Å². The first-order valence-electron chi connectivity index (χ1n) is 10.5. The van der Waals surface area contributed by atoms with Gasteiger partial charge in [0.2, 0.25) is 0 Å². The fraction of sp³-hybridized carbons (Fsp3) is 0.417. The van der Waals surface area contributed by atoms with Crippen LogP contribution < -0.4 is 5.32 Å². The Bertz CT molecular complexity index is 1000. The van der Waals surface area contributed by atoms with Crippen LogP contribution in [0.15, 0.2) is 53.4 Å². The van der Waals surface area contributed by atoms with Gasteiger partial charge in [-0.2, -0.15) is 0 Å². The van der Waals surface area contributed by atoms with Gasteiger partial charge in [-0.3, -0.25) is 9.88 Å². The fourth-order valence-electron chi connectivity index (χ4n) is 3.91. The fourth-order valence-corrected chi connectivity index (χ4v) is 3.91. The zero-order valence-electron chi connectivity index (χ0n) is 17.9. The highest BCUT2D eigenvalue weighted by molar-refractivity contribution is 5.94. The molecule has 3 heterocycles. The van der Waals surface area contributed by atoms with Crippen LogP contribution in [-0.2, 0) is 11.3 Å². The second kappa shape index (κ2) is 8.48. The second-order valence-electron chi connectivity index (χ2n) is 8.92. The molecule has 1 N–H and O–H groups in total. The van der Waals surface area contributed by atoms with Crippen molar-refractivity contribution in [2.24, 2.45) is 0 Å². The first kappa shape index (κ1) is 20.4. The molecule has 1 amide bonds. The van der Waals surface area contributed by atoms with E-state index in [2.05, 4.69) is 33.4 Å². The van der Waals surface area contributed by atoms with Gasteiger partial charge in [0.1, 0.15) is 11.4 Å². The number of carbonyl (C=O) groups is 1. The number of hydrogen-bond donors (Lipinski definition) is 1. The highest BCUT2D eigenvalue weighted by atomic mass is 16.6. The van der Waals surface area contributed by atoms with Crippen molar-refractivity contribution < 1.29 is 13.9 Å². The summed E-state index contributed by atoms with van der Waals surface area (Å²) in [5.74, 6) is 0.833. The molecule has 0 saturated carbocycles. The van der Waals surface area contributed by atoms with E-state index in [0.717, 1.165) is 54.6 Å². The lowest BCUT2D eigenvalue weighted by Crippen LogP contribution is -2.45. The largest absolute Gasteiger partial charge is 0.464 e. The van der Waals surface area contributed by atoms with Gasteiger partial charge in [-0.05, 0) is 62.8 Å². The number of nitrogens with one attached hydrogen (secondary N) is 1. The highest BCUT2D eigenvalue weighted by Gasteiger charge is 2.23. The number of hydrogen-bond acceptors (Lipinski definition) is 5. The molecule has 3 aromatic rings. The number of fused-ring (bicyclic) bond motifs is 1. The van der Waals surface area contributed by atoms with Crippen LogP contribution in [-0.4, -0.2) is 40.7 Å². The van der Waals surface area contributed by atoms with Crippen LogP contribution in [0.4, 0.5) is 4.79 Å². The molecule has 6 nitrogen and oxygen atoms in total. The average molecular weight is 408 g/mol. The van der Waals surface area contributed by atoms with Crippen molar-refractivity contribution in [1.82, 2.24) is 15.2 Å². The van der Waals surface area contributed by atoms with Crippen LogP contribution in [0.2, 0.25) is 0 Å². The van der Waals surface area contributed by atoms with Gasteiger partial charge in [0.15, 0.2) is 0 Å². The number of aromatic nitrogens is 1. The molecule has 6 heteroatoms. The summed E-state index contributed by atoms with van der Waals surface area (Å²) in [6, 6.07) is 10.6. The number of likely N-dealkylation sites (tertiary alicyclic amines) is 1. The van der Waals surface area contributed by atoms with Crippen molar-refractivity contribution in [3.8, 4) is 11.3 Å².